The SMILES string of the molecule is O=C1[C@H](NC(=O)N2CCC[C@@H]3CCC[C@H]32)CCN1CC(F)(F)F. The molecular weight excluding hydrogens is 311 g/mol. The summed E-state index contributed by atoms with van der Waals surface area (Å²) in [5.41, 5.74) is 0. The van der Waals surface area contributed by atoms with Gasteiger partial charge in [-0.1, -0.05) is 6.42 Å². The first kappa shape index (κ1) is 16.4. The Kier molecular flexibility index (Phi) is 4.42. The number of amides is 3. The molecular formula is C15H22F3N3O2. The molecule has 8 heteroatoms. The zero-order valence-electron chi connectivity index (χ0n) is 12.9. The molecule has 130 valence electrons. The Bertz CT molecular complexity index is 483. The van der Waals surface area contributed by atoms with E-state index in [9.17, 15) is 22.8 Å². The van der Waals surface area contributed by atoms with Crippen molar-refractivity contribution in [2.75, 3.05) is 19.6 Å². The van der Waals surface area contributed by atoms with Crippen LogP contribution in [0.4, 0.5) is 18.0 Å². The van der Waals surface area contributed by atoms with E-state index < -0.39 is 24.7 Å². The number of rotatable bonds is 2. The van der Waals surface area contributed by atoms with E-state index in [-0.39, 0.29) is 25.0 Å². The summed E-state index contributed by atoms with van der Waals surface area (Å²) < 4.78 is 37.3. The van der Waals surface area contributed by atoms with E-state index in [1.807, 2.05) is 0 Å². The summed E-state index contributed by atoms with van der Waals surface area (Å²) in [5, 5.41) is 2.66. The molecule has 0 aromatic rings. The quantitative estimate of drug-likeness (QED) is 0.842. The summed E-state index contributed by atoms with van der Waals surface area (Å²) >= 11 is 0. The third-order valence-electron chi connectivity index (χ3n) is 5.22. The second-order valence-corrected chi connectivity index (χ2v) is 6.76. The number of fused-ring (bicyclic) bond motifs is 1. The van der Waals surface area contributed by atoms with Crippen LogP contribution >= 0.6 is 0 Å². The normalized spacial score (nSPS) is 31.4. The zero-order chi connectivity index (χ0) is 16.6. The molecule has 5 nitrogen and oxygen atoms in total. The van der Waals surface area contributed by atoms with Crippen molar-refractivity contribution in [1.29, 1.82) is 0 Å². The molecule has 2 heterocycles. The number of carbonyl (C=O) groups is 2. The minimum Gasteiger partial charge on any atom is -0.332 e. The number of halogens is 3. The molecule has 0 radical (unpaired) electrons. The number of nitrogens with zero attached hydrogens (tertiary/aromatic N) is 2. The predicted octanol–water partition coefficient (Wildman–Crippen LogP) is 2.12. The highest BCUT2D eigenvalue weighted by atomic mass is 19.4. The molecule has 0 aromatic carbocycles. The summed E-state index contributed by atoms with van der Waals surface area (Å²) in [6, 6.07) is -0.896. The van der Waals surface area contributed by atoms with E-state index in [0.29, 0.717) is 12.5 Å². The third-order valence-corrected chi connectivity index (χ3v) is 5.22. The molecule has 0 bridgehead atoms. The van der Waals surface area contributed by atoms with Crippen LogP contribution < -0.4 is 5.32 Å². The monoisotopic (exact) mass is 333 g/mol. The Morgan fingerprint density at radius 2 is 1.87 bits per heavy atom. The first-order valence-corrected chi connectivity index (χ1v) is 8.28. The van der Waals surface area contributed by atoms with Crippen LogP contribution in [-0.2, 0) is 4.79 Å². The molecule has 23 heavy (non-hydrogen) atoms. The van der Waals surface area contributed by atoms with Gasteiger partial charge < -0.3 is 15.1 Å². The third kappa shape index (κ3) is 3.55. The molecule has 3 aliphatic rings. The van der Waals surface area contributed by atoms with Gasteiger partial charge >= 0.3 is 12.2 Å². The highest BCUT2D eigenvalue weighted by Crippen LogP contribution is 2.36. The van der Waals surface area contributed by atoms with Gasteiger partial charge in [0.25, 0.3) is 0 Å². The molecule has 3 amide bonds. The average molecular weight is 333 g/mol. The van der Waals surface area contributed by atoms with Crippen molar-refractivity contribution in [3.05, 3.63) is 0 Å². The number of hydrogen-bond donors (Lipinski definition) is 1. The van der Waals surface area contributed by atoms with Gasteiger partial charge in [-0.2, -0.15) is 13.2 Å². The number of urea groups is 1. The van der Waals surface area contributed by atoms with Crippen molar-refractivity contribution in [3.63, 3.8) is 0 Å². The number of likely N-dealkylation sites (tertiary alicyclic amines) is 2. The summed E-state index contributed by atoms with van der Waals surface area (Å²) in [6.45, 7) is -0.540. The van der Waals surface area contributed by atoms with Gasteiger partial charge in [-0.05, 0) is 38.0 Å². The molecule has 2 aliphatic heterocycles. The van der Waals surface area contributed by atoms with E-state index in [1.165, 1.54) is 0 Å². The average Bonchev–Trinajstić information content (AvgIpc) is 3.07. The van der Waals surface area contributed by atoms with Crippen LogP contribution in [0.1, 0.15) is 38.5 Å². The Morgan fingerprint density at radius 3 is 2.61 bits per heavy atom. The summed E-state index contributed by atoms with van der Waals surface area (Å²) in [4.78, 5) is 27.0. The van der Waals surface area contributed by atoms with Crippen LogP contribution in [0.15, 0.2) is 0 Å². The van der Waals surface area contributed by atoms with Crippen LogP contribution in [0, 0.1) is 5.92 Å². The second-order valence-electron chi connectivity index (χ2n) is 6.76. The fourth-order valence-corrected chi connectivity index (χ4v) is 4.18. The first-order chi connectivity index (χ1) is 10.8. The van der Waals surface area contributed by atoms with Crippen LogP contribution in [-0.4, -0.2) is 59.6 Å². The fourth-order valence-electron chi connectivity index (χ4n) is 4.18. The van der Waals surface area contributed by atoms with Gasteiger partial charge in [-0.15, -0.1) is 0 Å². The Labute approximate surface area is 133 Å². The lowest BCUT2D eigenvalue weighted by molar-refractivity contribution is -0.157. The van der Waals surface area contributed by atoms with Crippen molar-refractivity contribution < 1.29 is 22.8 Å². The predicted molar refractivity (Wildman–Crippen MR) is 76.6 cm³/mol. The van der Waals surface area contributed by atoms with Crippen LogP contribution in [0.3, 0.4) is 0 Å². The van der Waals surface area contributed by atoms with Gasteiger partial charge in [0.1, 0.15) is 12.6 Å². The summed E-state index contributed by atoms with van der Waals surface area (Å²) in [6.07, 6.45) is 1.15. The molecule has 3 rings (SSSR count). The standard InChI is InChI=1S/C15H22F3N3O2/c16-15(17,18)9-20-8-6-11(13(20)22)19-14(23)21-7-2-4-10-3-1-5-12(10)21/h10-12H,1-9H2,(H,19,23)/t10-,11+,12+/m0/s1. The van der Waals surface area contributed by atoms with Crippen molar-refractivity contribution in [2.45, 2.75) is 56.8 Å². The van der Waals surface area contributed by atoms with Crippen molar-refractivity contribution in [2.24, 2.45) is 5.92 Å². The first-order valence-electron chi connectivity index (χ1n) is 8.28. The van der Waals surface area contributed by atoms with Crippen molar-refractivity contribution in [1.82, 2.24) is 15.1 Å². The van der Waals surface area contributed by atoms with E-state index in [2.05, 4.69) is 5.32 Å². The maximum atomic E-state index is 12.5. The maximum absolute atomic E-state index is 12.5. The van der Waals surface area contributed by atoms with E-state index in [4.69, 9.17) is 0 Å². The van der Waals surface area contributed by atoms with Gasteiger partial charge in [0.2, 0.25) is 5.91 Å². The Morgan fingerprint density at radius 1 is 1.13 bits per heavy atom. The number of hydrogen-bond acceptors (Lipinski definition) is 2. The zero-order valence-corrected chi connectivity index (χ0v) is 12.9. The minimum absolute atomic E-state index is 0.0370. The van der Waals surface area contributed by atoms with E-state index >= 15 is 0 Å². The highest BCUT2D eigenvalue weighted by molar-refractivity contribution is 5.88. The number of carbonyl (C=O) groups excluding carboxylic acids is 2. The van der Waals surface area contributed by atoms with Crippen LogP contribution in [0.2, 0.25) is 0 Å². The molecule has 1 N–H and O–H groups in total. The fraction of sp³-hybridized carbons (Fsp3) is 0.867. The van der Waals surface area contributed by atoms with Gasteiger partial charge in [0, 0.05) is 19.1 Å². The van der Waals surface area contributed by atoms with Gasteiger partial charge in [-0.3, -0.25) is 4.79 Å². The second kappa shape index (κ2) is 6.20. The van der Waals surface area contributed by atoms with Crippen LogP contribution in [0.5, 0.6) is 0 Å². The van der Waals surface area contributed by atoms with Gasteiger partial charge in [0.05, 0.1) is 0 Å². The molecule has 1 saturated carbocycles. The summed E-state index contributed by atoms with van der Waals surface area (Å²) in [5.74, 6) is -0.0915. The largest absolute Gasteiger partial charge is 0.406 e. The van der Waals surface area contributed by atoms with Gasteiger partial charge in [-0.25, -0.2) is 4.79 Å². The van der Waals surface area contributed by atoms with E-state index in [1.54, 1.807) is 4.90 Å². The van der Waals surface area contributed by atoms with Crippen LogP contribution in [0.25, 0.3) is 0 Å². The molecule has 3 fully saturated rings. The highest BCUT2D eigenvalue weighted by Gasteiger charge is 2.42. The van der Waals surface area contributed by atoms with Crippen molar-refractivity contribution in [3.8, 4) is 0 Å². The summed E-state index contributed by atoms with van der Waals surface area (Å²) in [7, 11) is 0. The van der Waals surface area contributed by atoms with Crippen molar-refractivity contribution >= 4 is 11.9 Å². The smallest absolute Gasteiger partial charge is 0.332 e. The lowest BCUT2D eigenvalue weighted by Gasteiger charge is -2.38. The molecule has 0 spiro atoms. The lowest BCUT2D eigenvalue weighted by atomic mass is 9.92. The Balaban J connectivity index is 1.57. The maximum Gasteiger partial charge on any atom is 0.406 e. The topological polar surface area (TPSA) is 52.7 Å². The molecule has 0 aromatic heterocycles. The molecule has 1 aliphatic carbocycles. The number of nitrogens with one attached hydrogen (secondary N) is 1. The lowest BCUT2D eigenvalue weighted by Crippen LogP contribution is -2.54. The molecule has 2 saturated heterocycles. The molecule has 0 unspecified atom stereocenters. The van der Waals surface area contributed by atoms with Gasteiger partial charge in [0.15, 0.2) is 0 Å². The number of alkyl halides is 3. The Hall–Kier alpha value is -1.47. The van der Waals surface area contributed by atoms with E-state index in [0.717, 1.165) is 37.0 Å². The molecule has 3 atom stereocenters. The minimum atomic E-state index is -4.40. The number of piperidine rings is 1.